The lowest BCUT2D eigenvalue weighted by Gasteiger charge is -2.19. The zero-order chi connectivity index (χ0) is 17.2. The minimum atomic E-state index is -0.106. The summed E-state index contributed by atoms with van der Waals surface area (Å²) < 4.78 is 13.2. The first kappa shape index (κ1) is 17.0. The van der Waals surface area contributed by atoms with Gasteiger partial charge in [-0.15, -0.1) is 11.6 Å². The van der Waals surface area contributed by atoms with Gasteiger partial charge in [-0.05, 0) is 18.4 Å². The molecule has 0 amide bonds. The van der Waals surface area contributed by atoms with Crippen molar-refractivity contribution in [2.75, 3.05) is 31.8 Å². The molecule has 2 aromatic rings. The smallest absolute Gasteiger partial charge is 0.163 e. The molecule has 0 radical (unpaired) electrons. The molecular weight excluding hydrogens is 362 g/mol. The number of ether oxygens (including phenoxy) is 2. The molecule has 2 unspecified atom stereocenters. The number of alkyl halides is 1. The maximum atomic E-state index is 6.45. The number of aromatic nitrogens is 3. The van der Waals surface area contributed by atoms with Crippen molar-refractivity contribution in [3.63, 3.8) is 0 Å². The van der Waals surface area contributed by atoms with Crippen molar-refractivity contribution in [2.45, 2.75) is 17.8 Å². The first-order valence-corrected chi connectivity index (χ1v) is 10.1. The van der Waals surface area contributed by atoms with Crippen LogP contribution in [0.4, 0.5) is 0 Å². The standard InChI is InChI=1S/C16H20ClN5O2S/c1-25-7-4-14-19-16(15-11(17)9-18-20-15)22(21-14)10-2-3-12-13(8-10)24-6-5-23-12/h2-3,8,11,15,18,20H,4-7,9H2,1H3. The third kappa shape index (κ3) is 3.44. The predicted octanol–water partition coefficient (Wildman–Crippen LogP) is 1.70. The number of thioether (sulfide) groups is 1. The average Bonchev–Trinajstić information content (AvgIpc) is 3.25. The van der Waals surface area contributed by atoms with Crippen molar-refractivity contribution in [2.24, 2.45) is 0 Å². The number of hydrogen-bond acceptors (Lipinski definition) is 7. The lowest BCUT2D eigenvalue weighted by Crippen LogP contribution is -2.27. The number of halogens is 1. The van der Waals surface area contributed by atoms with E-state index in [1.54, 1.807) is 11.8 Å². The van der Waals surface area contributed by atoms with E-state index in [1.165, 1.54) is 0 Å². The lowest BCUT2D eigenvalue weighted by molar-refractivity contribution is 0.171. The minimum absolute atomic E-state index is 0.0893. The second-order valence-corrected chi connectivity index (χ2v) is 7.43. The second-order valence-electron chi connectivity index (χ2n) is 5.89. The number of nitrogens with one attached hydrogen (secondary N) is 2. The second kappa shape index (κ2) is 7.41. The molecule has 2 aliphatic heterocycles. The first-order chi connectivity index (χ1) is 12.3. The van der Waals surface area contributed by atoms with Crippen molar-refractivity contribution in [1.29, 1.82) is 0 Å². The molecule has 2 N–H and O–H groups in total. The van der Waals surface area contributed by atoms with E-state index < -0.39 is 0 Å². The van der Waals surface area contributed by atoms with Gasteiger partial charge in [-0.1, -0.05) is 0 Å². The van der Waals surface area contributed by atoms with Crippen LogP contribution in [0.5, 0.6) is 11.5 Å². The van der Waals surface area contributed by atoms with Gasteiger partial charge < -0.3 is 9.47 Å². The number of aryl methyl sites for hydroxylation is 1. The molecule has 2 atom stereocenters. The third-order valence-electron chi connectivity index (χ3n) is 4.17. The summed E-state index contributed by atoms with van der Waals surface area (Å²) in [7, 11) is 0. The van der Waals surface area contributed by atoms with E-state index in [0.29, 0.717) is 19.8 Å². The fourth-order valence-corrected chi connectivity index (χ4v) is 3.56. The molecule has 0 saturated carbocycles. The van der Waals surface area contributed by atoms with Gasteiger partial charge in [0.1, 0.15) is 13.2 Å². The molecule has 1 aromatic carbocycles. The Morgan fingerprint density at radius 1 is 1.32 bits per heavy atom. The van der Waals surface area contributed by atoms with Crippen molar-refractivity contribution in [3.8, 4) is 17.2 Å². The van der Waals surface area contributed by atoms with Gasteiger partial charge in [0.25, 0.3) is 0 Å². The molecule has 134 valence electrons. The normalized spacial score (nSPS) is 22.3. The van der Waals surface area contributed by atoms with Crippen molar-refractivity contribution in [1.82, 2.24) is 25.6 Å². The Morgan fingerprint density at radius 2 is 2.16 bits per heavy atom. The number of benzene rings is 1. The zero-order valence-electron chi connectivity index (χ0n) is 13.9. The number of hydrogen-bond donors (Lipinski definition) is 2. The maximum absolute atomic E-state index is 6.45. The molecule has 3 heterocycles. The van der Waals surface area contributed by atoms with E-state index in [1.807, 2.05) is 22.9 Å². The number of fused-ring (bicyclic) bond motifs is 1. The number of rotatable bonds is 5. The van der Waals surface area contributed by atoms with Gasteiger partial charge >= 0.3 is 0 Å². The van der Waals surface area contributed by atoms with E-state index >= 15 is 0 Å². The largest absolute Gasteiger partial charge is 0.486 e. The molecule has 1 aromatic heterocycles. The molecule has 25 heavy (non-hydrogen) atoms. The van der Waals surface area contributed by atoms with Crippen LogP contribution in [0.15, 0.2) is 18.2 Å². The number of nitrogens with zero attached hydrogens (tertiary/aromatic N) is 3. The van der Waals surface area contributed by atoms with Gasteiger partial charge in [0.05, 0.1) is 17.1 Å². The maximum Gasteiger partial charge on any atom is 0.163 e. The number of hydrazine groups is 1. The van der Waals surface area contributed by atoms with Crippen molar-refractivity contribution >= 4 is 23.4 Å². The molecule has 0 spiro atoms. The highest BCUT2D eigenvalue weighted by atomic mass is 35.5. The van der Waals surface area contributed by atoms with E-state index in [-0.39, 0.29) is 11.4 Å². The van der Waals surface area contributed by atoms with Crippen LogP contribution < -0.4 is 20.3 Å². The summed E-state index contributed by atoms with van der Waals surface area (Å²) >= 11 is 8.23. The molecule has 2 aliphatic rings. The molecule has 9 heteroatoms. The zero-order valence-corrected chi connectivity index (χ0v) is 15.4. The fourth-order valence-electron chi connectivity index (χ4n) is 2.92. The Hall–Kier alpha value is -1.48. The van der Waals surface area contributed by atoms with Crippen LogP contribution in [0, 0.1) is 0 Å². The van der Waals surface area contributed by atoms with Crippen LogP contribution in [-0.2, 0) is 6.42 Å². The van der Waals surface area contributed by atoms with Gasteiger partial charge in [-0.2, -0.15) is 16.9 Å². The third-order valence-corrected chi connectivity index (χ3v) is 5.19. The molecule has 7 nitrogen and oxygen atoms in total. The molecule has 0 aliphatic carbocycles. The monoisotopic (exact) mass is 381 g/mol. The van der Waals surface area contributed by atoms with Crippen molar-refractivity contribution < 1.29 is 9.47 Å². The van der Waals surface area contributed by atoms with E-state index in [0.717, 1.165) is 41.0 Å². The lowest BCUT2D eigenvalue weighted by atomic mass is 10.2. The Labute approximate surface area is 155 Å². The summed E-state index contributed by atoms with van der Waals surface area (Å²) in [5, 5.41) is 4.63. The van der Waals surface area contributed by atoms with E-state index in [9.17, 15) is 0 Å². The fraction of sp³-hybridized carbons (Fsp3) is 0.500. The van der Waals surface area contributed by atoms with Crippen LogP contribution in [0.2, 0.25) is 0 Å². The van der Waals surface area contributed by atoms with Crippen LogP contribution in [-0.4, -0.2) is 51.9 Å². The van der Waals surface area contributed by atoms with Gasteiger partial charge in [-0.25, -0.2) is 15.1 Å². The molecule has 1 saturated heterocycles. The van der Waals surface area contributed by atoms with E-state index in [2.05, 4.69) is 17.1 Å². The van der Waals surface area contributed by atoms with Gasteiger partial charge in [0, 0.05) is 24.8 Å². The summed E-state index contributed by atoms with van der Waals surface area (Å²) in [6, 6.07) is 5.71. The highest BCUT2D eigenvalue weighted by Crippen LogP contribution is 2.33. The molecule has 1 fully saturated rings. The Morgan fingerprint density at radius 3 is 2.92 bits per heavy atom. The van der Waals surface area contributed by atoms with Gasteiger partial charge in [0.2, 0.25) is 0 Å². The Balaban J connectivity index is 1.72. The van der Waals surface area contributed by atoms with Crippen LogP contribution in [0.25, 0.3) is 5.69 Å². The summed E-state index contributed by atoms with van der Waals surface area (Å²) in [5.41, 5.74) is 7.18. The summed E-state index contributed by atoms with van der Waals surface area (Å²) in [4.78, 5) is 4.75. The first-order valence-electron chi connectivity index (χ1n) is 8.23. The average molecular weight is 382 g/mol. The van der Waals surface area contributed by atoms with Crippen LogP contribution in [0.3, 0.4) is 0 Å². The van der Waals surface area contributed by atoms with Gasteiger partial charge in [-0.3, -0.25) is 5.43 Å². The predicted molar refractivity (Wildman–Crippen MR) is 98.0 cm³/mol. The van der Waals surface area contributed by atoms with Crippen molar-refractivity contribution in [3.05, 3.63) is 29.8 Å². The van der Waals surface area contributed by atoms with Crippen LogP contribution >= 0.6 is 23.4 Å². The highest BCUT2D eigenvalue weighted by molar-refractivity contribution is 7.98. The summed E-state index contributed by atoms with van der Waals surface area (Å²) in [6.07, 6.45) is 2.90. The quantitative estimate of drug-likeness (QED) is 0.763. The summed E-state index contributed by atoms with van der Waals surface area (Å²) in [6.45, 7) is 1.81. The molecular formula is C16H20ClN5O2S. The van der Waals surface area contributed by atoms with Crippen LogP contribution in [0.1, 0.15) is 17.7 Å². The van der Waals surface area contributed by atoms with Gasteiger partial charge in [0.15, 0.2) is 23.1 Å². The SMILES string of the molecule is CSCCc1nc(C2NNCC2Cl)n(-c2ccc3c(c2)OCCO3)n1. The Kier molecular flexibility index (Phi) is 5.03. The summed E-state index contributed by atoms with van der Waals surface area (Å²) in [5.74, 6) is 4.09. The Bertz CT molecular complexity index is 756. The van der Waals surface area contributed by atoms with E-state index in [4.69, 9.17) is 31.2 Å². The topological polar surface area (TPSA) is 73.2 Å². The molecule has 0 bridgehead atoms. The minimum Gasteiger partial charge on any atom is -0.486 e. The highest BCUT2D eigenvalue weighted by Gasteiger charge is 2.32. The molecule has 4 rings (SSSR count).